The van der Waals surface area contributed by atoms with Crippen LogP contribution in [0.4, 0.5) is 5.69 Å². The van der Waals surface area contributed by atoms with E-state index in [4.69, 9.17) is 44.0 Å². The maximum atomic E-state index is 11.9. The van der Waals surface area contributed by atoms with Crippen molar-refractivity contribution < 1.29 is 18.9 Å². The number of carbonyl (C=O) groups is 1. The van der Waals surface area contributed by atoms with Crippen LogP contribution in [-0.2, 0) is 4.79 Å². The monoisotopic (exact) mass is 481 g/mol. The van der Waals surface area contributed by atoms with E-state index in [9.17, 15) is 14.9 Å². The van der Waals surface area contributed by atoms with Gasteiger partial charge >= 0.3 is 5.69 Å². The number of aryl methyl sites for hydroxylation is 1. The van der Waals surface area contributed by atoms with Gasteiger partial charge in [-0.05, 0) is 42.8 Å². The highest BCUT2D eigenvalue weighted by molar-refractivity contribution is 6.44. The van der Waals surface area contributed by atoms with E-state index in [0.29, 0.717) is 37.7 Å². The number of benzene rings is 2. The molecule has 0 atom stereocenters. The standard InChI is InChI=1S/C20H14Cl3N3O5/c1-11-2-4-19(17(6-11)26(28)29)30-10-20(27)25-24-9-12-3-5-18(31-12)13-7-15(22)16(23)8-14(13)21/h2-9H,10H2,1H3,(H,25,27)/b24-9+. The number of furan rings is 1. The first-order valence-corrected chi connectivity index (χ1v) is 9.82. The average Bonchev–Trinajstić information content (AvgIpc) is 3.18. The summed E-state index contributed by atoms with van der Waals surface area (Å²) < 4.78 is 10.8. The molecule has 1 aromatic heterocycles. The Hall–Kier alpha value is -3.07. The van der Waals surface area contributed by atoms with E-state index in [1.54, 1.807) is 31.2 Å². The summed E-state index contributed by atoms with van der Waals surface area (Å²) in [6.45, 7) is 1.26. The molecule has 8 nitrogen and oxygen atoms in total. The van der Waals surface area contributed by atoms with Crippen molar-refractivity contribution in [3.63, 3.8) is 0 Å². The highest BCUT2D eigenvalue weighted by Gasteiger charge is 2.16. The van der Waals surface area contributed by atoms with Gasteiger partial charge in [-0.1, -0.05) is 40.9 Å². The third-order valence-electron chi connectivity index (χ3n) is 3.95. The van der Waals surface area contributed by atoms with Crippen molar-refractivity contribution >= 4 is 52.6 Å². The van der Waals surface area contributed by atoms with Gasteiger partial charge < -0.3 is 9.15 Å². The van der Waals surface area contributed by atoms with Gasteiger partial charge in [0.25, 0.3) is 5.91 Å². The predicted octanol–water partition coefficient (Wildman–Crippen LogP) is 5.65. The van der Waals surface area contributed by atoms with Gasteiger partial charge in [0.1, 0.15) is 11.5 Å². The molecule has 31 heavy (non-hydrogen) atoms. The molecule has 1 N–H and O–H groups in total. The van der Waals surface area contributed by atoms with Crippen LogP contribution in [0.25, 0.3) is 11.3 Å². The van der Waals surface area contributed by atoms with Gasteiger partial charge in [-0.15, -0.1) is 0 Å². The first kappa shape index (κ1) is 22.6. The molecule has 2 aromatic carbocycles. The van der Waals surface area contributed by atoms with Gasteiger partial charge in [0.05, 0.1) is 26.2 Å². The minimum Gasteiger partial charge on any atom is -0.477 e. The molecule has 3 aromatic rings. The molecule has 160 valence electrons. The van der Waals surface area contributed by atoms with E-state index >= 15 is 0 Å². The van der Waals surface area contributed by atoms with Gasteiger partial charge in [0.15, 0.2) is 12.4 Å². The second-order valence-corrected chi connectivity index (χ2v) is 7.48. The average molecular weight is 483 g/mol. The van der Waals surface area contributed by atoms with E-state index in [-0.39, 0.29) is 11.4 Å². The van der Waals surface area contributed by atoms with Crippen molar-refractivity contribution in [3.8, 4) is 17.1 Å². The summed E-state index contributed by atoms with van der Waals surface area (Å²) in [5.74, 6) is 0.160. The number of carbonyl (C=O) groups excluding carboxylic acids is 1. The fourth-order valence-electron chi connectivity index (χ4n) is 2.51. The van der Waals surface area contributed by atoms with Crippen LogP contribution < -0.4 is 10.2 Å². The van der Waals surface area contributed by atoms with Gasteiger partial charge in [0.2, 0.25) is 0 Å². The van der Waals surface area contributed by atoms with Crippen molar-refractivity contribution in [3.05, 3.63) is 79.0 Å². The predicted molar refractivity (Wildman–Crippen MR) is 118 cm³/mol. The van der Waals surface area contributed by atoms with Gasteiger partial charge in [-0.3, -0.25) is 14.9 Å². The first-order valence-electron chi connectivity index (χ1n) is 8.69. The largest absolute Gasteiger partial charge is 0.477 e. The molecule has 0 spiro atoms. The van der Waals surface area contributed by atoms with E-state index in [0.717, 1.165) is 0 Å². The molecule has 0 unspecified atom stereocenters. The lowest BCUT2D eigenvalue weighted by Crippen LogP contribution is -2.24. The molecule has 11 heteroatoms. The van der Waals surface area contributed by atoms with E-state index in [2.05, 4.69) is 10.5 Å². The Morgan fingerprint density at radius 2 is 1.90 bits per heavy atom. The molecule has 1 heterocycles. The fourth-order valence-corrected chi connectivity index (χ4v) is 3.15. The molecule has 0 aliphatic rings. The van der Waals surface area contributed by atoms with Gasteiger partial charge in [-0.25, -0.2) is 5.43 Å². The molecule has 3 rings (SSSR count). The number of hydrogen-bond acceptors (Lipinski definition) is 6. The number of hydrogen-bond donors (Lipinski definition) is 1. The molecule has 0 aliphatic carbocycles. The van der Waals surface area contributed by atoms with Crippen molar-refractivity contribution in [2.75, 3.05) is 6.61 Å². The number of rotatable bonds is 7. The molecule has 0 radical (unpaired) electrons. The quantitative estimate of drug-likeness (QED) is 0.203. The van der Waals surface area contributed by atoms with E-state index in [1.165, 1.54) is 24.4 Å². The first-order chi connectivity index (χ1) is 14.7. The lowest BCUT2D eigenvalue weighted by Gasteiger charge is -2.06. The molecule has 0 saturated carbocycles. The molecule has 1 amide bonds. The number of nitro benzene ring substituents is 1. The zero-order valence-corrected chi connectivity index (χ0v) is 18.2. The van der Waals surface area contributed by atoms with E-state index in [1.807, 2.05) is 0 Å². The summed E-state index contributed by atoms with van der Waals surface area (Å²) in [7, 11) is 0. The molecule has 0 fully saturated rings. The van der Waals surface area contributed by atoms with Crippen LogP contribution in [0.3, 0.4) is 0 Å². The number of ether oxygens (including phenoxy) is 1. The SMILES string of the molecule is Cc1ccc(OCC(=O)N/N=C/c2ccc(-c3cc(Cl)c(Cl)cc3Cl)o2)c([N+](=O)[O-])c1. The fraction of sp³-hybridized carbons (Fsp3) is 0.100. The molecule has 0 saturated heterocycles. The molecular weight excluding hydrogens is 469 g/mol. The summed E-state index contributed by atoms with van der Waals surface area (Å²) in [6, 6.07) is 10.8. The summed E-state index contributed by atoms with van der Waals surface area (Å²) >= 11 is 18.1. The van der Waals surface area contributed by atoms with E-state index < -0.39 is 17.4 Å². The highest BCUT2D eigenvalue weighted by Crippen LogP contribution is 2.35. The Morgan fingerprint density at radius 1 is 1.16 bits per heavy atom. The van der Waals surface area contributed by atoms with Crippen LogP contribution >= 0.6 is 34.8 Å². The van der Waals surface area contributed by atoms with Crippen LogP contribution in [-0.4, -0.2) is 23.7 Å². The Labute approximate surface area is 191 Å². The summed E-state index contributed by atoms with van der Waals surface area (Å²) in [5.41, 5.74) is 3.28. The van der Waals surface area contributed by atoms with Crippen LogP contribution in [0.5, 0.6) is 5.75 Å². The van der Waals surface area contributed by atoms with Crippen molar-refractivity contribution in [2.24, 2.45) is 5.10 Å². The van der Waals surface area contributed by atoms with Gasteiger partial charge in [-0.2, -0.15) is 5.10 Å². The number of halogens is 3. The lowest BCUT2D eigenvalue weighted by atomic mass is 10.2. The lowest BCUT2D eigenvalue weighted by molar-refractivity contribution is -0.385. The Morgan fingerprint density at radius 3 is 2.65 bits per heavy atom. The van der Waals surface area contributed by atoms with Crippen LogP contribution in [0.2, 0.25) is 15.1 Å². The number of hydrazone groups is 1. The number of nitrogens with zero attached hydrogens (tertiary/aromatic N) is 2. The molecule has 0 bridgehead atoms. The number of nitro groups is 1. The van der Waals surface area contributed by atoms with Crippen LogP contribution in [0.15, 0.2) is 52.0 Å². The summed E-state index contributed by atoms with van der Waals surface area (Å²) in [6.07, 6.45) is 1.28. The van der Waals surface area contributed by atoms with Gasteiger partial charge in [0, 0.05) is 11.6 Å². The van der Waals surface area contributed by atoms with Crippen LogP contribution in [0.1, 0.15) is 11.3 Å². The zero-order chi connectivity index (χ0) is 22.5. The normalized spacial score (nSPS) is 11.0. The van der Waals surface area contributed by atoms with Crippen molar-refractivity contribution in [2.45, 2.75) is 6.92 Å². The second-order valence-electron chi connectivity index (χ2n) is 6.26. The topological polar surface area (TPSA) is 107 Å². The smallest absolute Gasteiger partial charge is 0.311 e. The Bertz CT molecular complexity index is 1180. The number of amides is 1. The maximum absolute atomic E-state index is 11.9. The maximum Gasteiger partial charge on any atom is 0.311 e. The minimum atomic E-state index is -0.606. The minimum absolute atomic E-state index is 0.0103. The van der Waals surface area contributed by atoms with Crippen LogP contribution in [0, 0.1) is 17.0 Å². The summed E-state index contributed by atoms with van der Waals surface area (Å²) in [5, 5.41) is 15.9. The third kappa shape index (κ3) is 5.75. The third-order valence-corrected chi connectivity index (χ3v) is 4.99. The van der Waals surface area contributed by atoms with Crippen molar-refractivity contribution in [1.29, 1.82) is 0 Å². The zero-order valence-electron chi connectivity index (χ0n) is 15.9. The van der Waals surface area contributed by atoms with Crippen molar-refractivity contribution in [1.82, 2.24) is 5.43 Å². The summed E-state index contributed by atoms with van der Waals surface area (Å²) in [4.78, 5) is 22.4. The number of nitrogens with one attached hydrogen (secondary N) is 1. The Kier molecular flexibility index (Phi) is 7.17. The molecule has 0 aliphatic heterocycles. The highest BCUT2D eigenvalue weighted by atomic mass is 35.5. The molecular formula is C20H14Cl3N3O5. The second kappa shape index (κ2) is 9.82. The Balaban J connectivity index is 1.59.